The minimum atomic E-state index is -0.436. The van der Waals surface area contributed by atoms with Crippen molar-refractivity contribution in [3.8, 4) is 0 Å². The van der Waals surface area contributed by atoms with Crippen LogP contribution in [0, 0.1) is 5.92 Å². The highest BCUT2D eigenvalue weighted by Crippen LogP contribution is 2.27. The molecule has 22 heavy (non-hydrogen) atoms. The van der Waals surface area contributed by atoms with Gasteiger partial charge in [-0.2, -0.15) is 0 Å². The predicted molar refractivity (Wildman–Crippen MR) is 92.1 cm³/mol. The van der Waals surface area contributed by atoms with Gasteiger partial charge in [-0.25, -0.2) is 4.79 Å². The second-order valence-corrected chi connectivity index (χ2v) is 7.57. The van der Waals surface area contributed by atoms with Crippen LogP contribution in [-0.4, -0.2) is 42.3 Å². The third-order valence-corrected chi connectivity index (χ3v) is 4.44. The summed E-state index contributed by atoms with van der Waals surface area (Å²) in [4.78, 5) is 14.5. The molecule has 0 aromatic heterocycles. The van der Waals surface area contributed by atoms with Crippen LogP contribution in [0.4, 0.5) is 4.79 Å². The average molecular weight is 312 g/mol. The summed E-state index contributed by atoms with van der Waals surface area (Å²) in [5.41, 5.74) is -0.436. The highest BCUT2D eigenvalue weighted by Gasteiger charge is 2.24. The second kappa shape index (κ2) is 9.39. The van der Waals surface area contributed by atoms with Gasteiger partial charge in [-0.3, -0.25) is 0 Å². The number of ether oxygens (including phenoxy) is 1. The van der Waals surface area contributed by atoms with Crippen molar-refractivity contribution in [2.45, 2.75) is 84.8 Å². The van der Waals surface area contributed by atoms with Crippen LogP contribution in [0.25, 0.3) is 0 Å². The van der Waals surface area contributed by atoms with Crippen molar-refractivity contribution in [1.82, 2.24) is 10.2 Å². The van der Waals surface area contributed by atoms with Crippen LogP contribution in [0.2, 0.25) is 0 Å². The van der Waals surface area contributed by atoms with Crippen LogP contribution in [-0.2, 0) is 4.74 Å². The number of carbonyl (C=O) groups is 1. The first-order valence-corrected chi connectivity index (χ1v) is 9.06. The molecular formula is C18H36N2O2. The number of carbonyl (C=O) groups excluding carboxylic acids is 1. The van der Waals surface area contributed by atoms with Gasteiger partial charge in [0.15, 0.2) is 0 Å². The van der Waals surface area contributed by atoms with Crippen molar-refractivity contribution in [1.29, 1.82) is 0 Å². The monoisotopic (exact) mass is 312 g/mol. The molecule has 0 unspecified atom stereocenters. The fourth-order valence-corrected chi connectivity index (χ4v) is 3.27. The Morgan fingerprint density at radius 1 is 1.18 bits per heavy atom. The summed E-state index contributed by atoms with van der Waals surface area (Å²) in [5.74, 6) is 0.754. The average Bonchev–Trinajstić information content (AvgIpc) is 2.43. The number of amides is 1. The summed E-state index contributed by atoms with van der Waals surface area (Å²) < 4.78 is 5.44. The van der Waals surface area contributed by atoms with E-state index in [1.165, 1.54) is 32.1 Å². The zero-order chi connectivity index (χ0) is 16.6. The Hall–Kier alpha value is -0.770. The molecule has 1 aliphatic carbocycles. The summed E-state index contributed by atoms with van der Waals surface area (Å²) in [7, 11) is 0. The van der Waals surface area contributed by atoms with Crippen LogP contribution < -0.4 is 5.32 Å². The molecule has 130 valence electrons. The molecule has 0 aliphatic heterocycles. The fourth-order valence-electron chi connectivity index (χ4n) is 3.27. The maximum absolute atomic E-state index is 12.1. The first kappa shape index (κ1) is 19.3. The van der Waals surface area contributed by atoms with E-state index in [0.29, 0.717) is 0 Å². The lowest BCUT2D eigenvalue weighted by molar-refractivity contribution is 0.0481. The first-order valence-electron chi connectivity index (χ1n) is 9.06. The largest absolute Gasteiger partial charge is 0.444 e. The van der Waals surface area contributed by atoms with Gasteiger partial charge in [0.1, 0.15) is 5.60 Å². The van der Waals surface area contributed by atoms with E-state index in [4.69, 9.17) is 4.74 Å². The summed E-state index contributed by atoms with van der Waals surface area (Å²) in [6.07, 6.45) is 7.48. The summed E-state index contributed by atoms with van der Waals surface area (Å²) in [5, 5.41) is 3.12. The minimum Gasteiger partial charge on any atom is -0.444 e. The minimum absolute atomic E-state index is 0.192. The van der Waals surface area contributed by atoms with E-state index in [9.17, 15) is 4.79 Å². The molecule has 1 saturated carbocycles. The molecule has 0 aromatic carbocycles. The SMILES string of the molecule is CCN(CC)C[C@H](CC1CCCCC1)NC(=O)OC(C)(C)C. The number of rotatable bonds is 7. The maximum Gasteiger partial charge on any atom is 0.407 e. The van der Waals surface area contributed by atoms with Crippen molar-refractivity contribution < 1.29 is 9.53 Å². The molecule has 0 spiro atoms. The van der Waals surface area contributed by atoms with Crippen molar-refractivity contribution in [3.63, 3.8) is 0 Å². The number of nitrogens with one attached hydrogen (secondary N) is 1. The third-order valence-electron chi connectivity index (χ3n) is 4.44. The molecular weight excluding hydrogens is 276 g/mol. The van der Waals surface area contributed by atoms with E-state index in [1.54, 1.807) is 0 Å². The van der Waals surface area contributed by atoms with Crippen molar-refractivity contribution >= 4 is 6.09 Å². The lowest BCUT2D eigenvalue weighted by Gasteiger charge is -2.31. The molecule has 1 aliphatic rings. The van der Waals surface area contributed by atoms with Gasteiger partial charge in [-0.1, -0.05) is 46.0 Å². The highest BCUT2D eigenvalue weighted by atomic mass is 16.6. The van der Waals surface area contributed by atoms with E-state index in [2.05, 4.69) is 24.1 Å². The Kier molecular flexibility index (Phi) is 8.23. The molecule has 1 N–H and O–H groups in total. The Morgan fingerprint density at radius 3 is 2.27 bits per heavy atom. The van der Waals surface area contributed by atoms with Crippen LogP contribution in [0.15, 0.2) is 0 Å². The van der Waals surface area contributed by atoms with E-state index < -0.39 is 5.60 Å². The quantitative estimate of drug-likeness (QED) is 0.766. The molecule has 0 saturated heterocycles. The number of nitrogens with zero attached hydrogens (tertiary/aromatic N) is 1. The number of alkyl carbamates (subject to hydrolysis) is 1. The Bertz CT molecular complexity index is 316. The standard InChI is InChI=1S/C18H36N2O2/c1-6-20(7-2)14-16(13-15-11-9-8-10-12-15)19-17(21)22-18(3,4)5/h15-16H,6-14H2,1-5H3,(H,19,21)/t16-/m0/s1. The van der Waals surface area contributed by atoms with Gasteiger partial charge in [0.05, 0.1) is 0 Å². The molecule has 1 amide bonds. The Balaban J connectivity index is 2.57. The smallest absolute Gasteiger partial charge is 0.407 e. The van der Waals surface area contributed by atoms with Crippen molar-refractivity contribution in [3.05, 3.63) is 0 Å². The number of hydrogen-bond acceptors (Lipinski definition) is 3. The lowest BCUT2D eigenvalue weighted by Crippen LogP contribution is -2.46. The summed E-state index contributed by atoms with van der Waals surface area (Å²) in [6.45, 7) is 13.0. The lowest BCUT2D eigenvalue weighted by atomic mass is 9.84. The van der Waals surface area contributed by atoms with Crippen LogP contribution in [0.3, 0.4) is 0 Å². The molecule has 1 rings (SSSR count). The van der Waals surface area contributed by atoms with Gasteiger partial charge >= 0.3 is 6.09 Å². The molecule has 0 bridgehead atoms. The molecule has 4 nitrogen and oxygen atoms in total. The maximum atomic E-state index is 12.1. The van der Waals surface area contributed by atoms with Gasteiger partial charge < -0.3 is 15.0 Å². The summed E-state index contributed by atoms with van der Waals surface area (Å²) >= 11 is 0. The second-order valence-electron chi connectivity index (χ2n) is 7.57. The van der Waals surface area contributed by atoms with Gasteiger partial charge in [-0.05, 0) is 46.2 Å². The van der Waals surface area contributed by atoms with E-state index in [0.717, 1.165) is 32.0 Å². The topological polar surface area (TPSA) is 41.6 Å². The molecule has 4 heteroatoms. The normalized spacial score (nSPS) is 18.3. The van der Waals surface area contributed by atoms with Crippen LogP contribution in [0.1, 0.15) is 73.1 Å². The molecule has 0 radical (unpaired) electrons. The van der Waals surface area contributed by atoms with Crippen molar-refractivity contribution in [2.75, 3.05) is 19.6 Å². The Morgan fingerprint density at radius 2 is 1.77 bits per heavy atom. The highest BCUT2D eigenvalue weighted by molar-refractivity contribution is 5.68. The summed E-state index contributed by atoms with van der Waals surface area (Å²) in [6, 6.07) is 0.192. The van der Waals surface area contributed by atoms with E-state index in [-0.39, 0.29) is 12.1 Å². The molecule has 1 atom stereocenters. The molecule has 1 fully saturated rings. The molecule has 0 aromatic rings. The van der Waals surface area contributed by atoms with Gasteiger partial charge in [0.25, 0.3) is 0 Å². The van der Waals surface area contributed by atoms with E-state index >= 15 is 0 Å². The third kappa shape index (κ3) is 8.02. The molecule has 0 heterocycles. The van der Waals surface area contributed by atoms with Crippen molar-refractivity contribution in [2.24, 2.45) is 5.92 Å². The van der Waals surface area contributed by atoms with E-state index in [1.807, 2.05) is 20.8 Å². The zero-order valence-electron chi connectivity index (χ0n) is 15.3. The van der Waals surface area contributed by atoms with Gasteiger partial charge in [0.2, 0.25) is 0 Å². The predicted octanol–water partition coefficient (Wildman–Crippen LogP) is 4.19. The number of likely N-dealkylation sites (N-methyl/N-ethyl adjacent to an activating group) is 1. The zero-order valence-corrected chi connectivity index (χ0v) is 15.3. The van der Waals surface area contributed by atoms with Gasteiger partial charge in [0, 0.05) is 12.6 Å². The number of hydrogen-bond donors (Lipinski definition) is 1. The first-order chi connectivity index (χ1) is 10.3. The Labute approximate surface area is 137 Å². The van der Waals surface area contributed by atoms with Crippen LogP contribution in [0.5, 0.6) is 0 Å². The van der Waals surface area contributed by atoms with Gasteiger partial charge in [-0.15, -0.1) is 0 Å². The fraction of sp³-hybridized carbons (Fsp3) is 0.944. The van der Waals surface area contributed by atoms with Crippen LogP contribution >= 0.6 is 0 Å².